The number of methoxy groups -OCH3 is 1. The highest BCUT2D eigenvalue weighted by Gasteiger charge is 2.38. The van der Waals surface area contributed by atoms with Crippen molar-refractivity contribution in [2.75, 3.05) is 7.11 Å². The maximum absolute atomic E-state index is 10.6. The van der Waals surface area contributed by atoms with Crippen molar-refractivity contribution < 1.29 is 32.5 Å². The van der Waals surface area contributed by atoms with Gasteiger partial charge in [-0.05, 0) is 41.8 Å². The lowest BCUT2D eigenvalue weighted by molar-refractivity contribution is -0.192. The lowest BCUT2D eigenvalue weighted by Gasteiger charge is -2.09. The fourth-order valence-corrected chi connectivity index (χ4v) is 3.31. The summed E-state index contributed by atoms with van der Waals surface area (Å²) in [5.41, 5.74) is 10.0. The van der Waals surface area contributed by atoms with E-state index >= 15 is 0 Å². The van der Waals surface area contributed by atoms with Gasteiger partial charge in [0.25, 0.3) is 0 Å². The quantitative estimate of drug-likeness (QED) is 0.405. The second-order valence-electron chi connectivity index (χ2n) is 7.41. The number of aromatic nitrogens is 3. The van der Waals surface area contributed by atoms with Crippen molar-refractivity contribution >= 4 is 16.9 Å². The number of rotatable bonds is 6. The maximum Gasteiger partial charge on any atom is 0.490 e. The molecule has 1 aromatic carbocycles. The van der Waals surface area contributed by atoms with Crippen LogP contribution >= 0.6 is 0 Å². The summed E-state index contributed by atoms with van der Waals surface area (Å²) in [7, 11) is 1.62. The van der Waals surface area contributed by atoms with E-state index in [9.17, 15) is 13.2 Å². The van der Waals surface area contributed by atoms with Gasteiger partial charge in [0.2, 0.25) is 11.8 Å². The zero-order valence-electron chi connectivity index (χ0n) is 18.9. The Morgan fingerprint density at radius 3 is 2.46 bits per heavy atom. The number of halogens is 3. The van der Waals surface area contributed by atoms with Gasteiger partial charge in [0.05, 0.1) is 12.6 Å². The van der Waals surface area contributed by atoms with Gasteiger partial charge in [-0.2, -0.15) is 13.2 Å². The monoisotopic (exact) mass is 488 g/mol. The third kappa shape index (κ3) is 6.48. The zero-order valence-corrected chi connectivity index (χ0v) is 18.9. The van der Waals surface area contributed by atoms with Crippen molar-refractivity contribution in [2.45, 2.75) is 26.2 Å². The van der Waals surface area contributed by atoms with Gasteiger partial charge in [-0.3, -0.25) is 0 Å². The molecule has 0 spiro atoms. The van der Waals surface area contributed by atoms with Crippen LogP contribution in [0.3, 0.4) is 0 Å². The molecular weight excluding hydrogens is 465 g/mol. The second-order valence-corrected chi connectivity index (χ2v) is 7.41. The van der Waals surface area contributed by atoms with Crippen LogP contribution in [-0.2, 0) is 17.9 Å². The lowest BCUT2D eigenvalue weighted by atomic mass is 10.2. The second kappa shape index (κ2) is 10.9. The van der Waals surface area contributed by atoms with Crippen LogP contribution < -0.4 is 15.2 Å². The average Bonchev–Trinajstić information content (AvgIpc) is 3.15. The van der Waals surface area contributed by atoms with Crippen molar-refractivity contribution in [3.8, 4) is 17.5 Å². The van der Waals surface area contributed by atoms with E-state index in [0.29, 0.717) is 24.8 Å². The molecule has 3 N–H and O–H groups in total. The van der Waals surface area contributed by atoms with Gasteiger partial charge in [0.1, 0.15) is 5.75 Å². The van der Waals surface area contributed by atoms with Gasteiger partial charge in [-0.15, -0.1) is 0 Å². The fraction of sp³-hybridized carbons (Fsp3) is 0.208. The third-order valence-corrected chi connectivity index (χ3v) is 4.91. The van der Waals surface area contributed by atoms with Crippen LogP contribution in [0.4, 0.5) is 13.2 Å². The molecule has 0 saturated carbocycles. The first-order valence-electron chi connectivity index (χ1n) is 10.3. The topological polar surface area (TPSA) is 112 Å². The molecule has 4 rings (SSSR count). The molecule has 3 heterocycles. The van der Waals surface area contributed by atoms with Crippen molar-refractivity contribution in [1.82, 2.24) is 14.5 Å². The molecule has 0 fully saturated rings. The van der Waals surface area contributed by atoms with E-state index in [1.807, 2.05) is 42.6 Å². The van der Waals surface area contributed by atoms with Gasteiger partial charge < -0.3 is 24.9 Å². The SMILES string of the molecule is COc1ccc(Cn2cc(C)c3c(Oc4cc(CN)ccn4)cccc32)cn1.O=C(O)C(F)(F)F. The first-order chi connectivity index (χ1) is 16.6. The minimum atomic E-state index is -5.08. The molecule has 0 atom stereocenters. The first kappa shape index (κ1) is 25.5. The number of carboxylic acid groups (broad SMARTS) is 1. The van der Waals surface area contributed by atoms with Crippen LogP contribution in [0.25, 0.3) is 10.9 Å². The van der Waals surface area contributed by atoms with Crippen LogP contribution in [0.5, 0.6) is 17.5 Å². The molecule has 0 aliphatic rings. The number of hydrogen-bond acceptors (Lipinski definition) is 6. The molecule has 184 valence electrons. The Labute approximate surface area is 198 Å². The zero-order chi connectivity index (χ0) is 25.6. The largest absolute Gasteiger partial charge is 0.490 e. The Hall–Kier alpha value is -4.12. The minimum Gasteiger partial charge on any atom is -0.481 e. The number of pyridine rings is 2. The lowest BCUT2D eigenvalue weighted by Crippen LogP contribution is -2.21. The molecule has 4 aromatic rings. The van der Waals surface area contributed by atoms with Crippen molar-refractivity contribution in [2.24, 2.45) is 5.73 Å². The van der Waals surface area contributed by atoms with Crippen LogP contribution in [0, 0.1) is 6.92 Å². The Balaban J connectivity index is 0.000000429. The number of fused-ring (bicyclic) bond motifs is 1. The number of hydrogen-bond donors (Lipinski definition) is 2. The highest BCUT2D eigenvalue weighted by molar-refractivity contribution is 5.90. The number of alkyl halides is 3. The van der Waals surface area contributed by atoms with E-state index in [4.69, 9.17) is 25.1 Å². The molecular formula is C24H23F3N4O4. The molecule has 0 amide bonds. The van der Waals surface area contributed by atoms with Gasteiger partial charge in [-0.1, -0.05) is 12.1 Å². The summed E-state index contributed by atoms with van der Waals surface area (Å²) < 4.78 is 45.2. The number of carboxylic acids is 1. The van der Waals surface area contributed by atoms with Crippen molar-refractivity contribution in [1.29, 1.82) is 0 Å². The van der Waals surface area contributed by atoms with E-state index in [0.717, 1.165) is 33.3 Å². The molecule has 35 heavy (non-hydrogen) atoms. The Morgan fingerprint density at radius 2 is 1.86 bits per heavy atom. The van der Waals surface area contributed by atoms with Crippen LogP contribution in [-0.4, -0.2) is 38.9 Å². The van der Waals surface area contributed by atoms with Crippen LogP contribution in [0.1, 0.15) is 16.7 Å². The highest BCUT2D eigenvalue weighted by Crippen LogP contribution is 2.33. The molecule has 3 aromatic heterocycles. The summed E-state index contributed by atoms with van der Waals surface area (Å²) in [6.07, 6.45) is 0.598. The number of benzene rings is 1. The van der Waals surface area contributed by atoms with Gasteiger partial charge >= 0.3 is 12.1 Å². The van der Waals surface area contributed by atoms with E-state index in [2.05, 4.69) is 33.7 Å². The van der Waals surface area contributed by atoms with E-state index in [-0.39, 0.29) is 0 Å². The number of aliphatic carboxylic acids is 1. The minimum absolute atomic E-state index is 0.453. The smallest absolute Gasteiger partial charge is 0.481 e. The summed E-state index contributed by atoms with van der Waals surface area (Å²) in [4.78, 5) is 17.5. The molecule has 0 aliphatic heterocycles. The summed E-state index contributed by atoms with van der Waals surface area (Å²) in [5, 5.41) is 8.20. The molecule has 0 saturated heterocycles. The van der Waals surface area contributed by atoms with E-state index in [1.165, 1.54) is 0 Å². The average molecular weight is 488 g/mol. The van der Waals surface area contributed by atoms with Crippen LogP contribution in [0.2, 0.25) is 0 Å². The standard InChI is InChI=1S/C22H22N4O2.C2HF3O2/c1-15-13-26(14-17-6-7-20(27-2)25-12-17)18-4-3-5-19(22(15)18)28-21-10-16(11-23)8-9-24-21;3-2(4,5)1(6)7/h3-10,12-13H,11,14,23H2,1-2H3;(H,6,7). The normalized spacial score (nSPS) is 11.0. The predicted molar refractivity (Wildman–Crippen MR) is 122 cm³/mol. The van der Waals surface area contributed by atoms with Crippen molar-refractivity contribution in [3.05, 3.63) is 77.7 Å². The summed E-state index contributed by atoms with van der Waals surface area (Å²) in [5.74, 6) is -0.821. The van der Waals surface area contributed by atoms with Gasteiger partial charge in [0.15, 0.2) is 0 Å². The summed E-state index contributed by atoms with van der Waals surface area (Å²) in [6, 6.07) is 13.7. The molecule has 0 unspecified atom stereocenters. The number of carbonyl (C=O) groups is 1. The van der Waals surface area contributed by atoms with E-state index in [1.54, 1.807) is 13.3 Å². The predicted octanol–water partition coefficient (Wildman–Crippen LogP) is 4.68. The number of nitrogens with zero attached hydrogens (tertiary/aromatic N) is 3. The van der Waals surface area contributed by atoms with E-state index < -0.39 is 12.1 Å². The fourth-order valence-electron chi connectivity index (χ4n) is 3.31. The summed E-state index contributed by atoms with van der Waals surface area (Å²) >= 11 is 0. The first-order valence-corrected chi connectivity index (χ1v) is 10.3. The third-order valence-electron chi connectivity index (χ3n) is 4.91. The molecule has 0 bridgehead atoms. The van der Waals surface area contributed by atoms with Crippen LogP contribution in [0.15, 0.2) is 61.1 Å². The van der Waals surface area contributed by atoms with Gasteiger partial charge in [0, 0.05) is 49.2 Å². The molecule has 0 aliphatic carbocycles. The molecule has 11 heteroatoms. The highest BCUT2D eigenvalue weighted by atomic mass is 19.4. The maximum atomic E-state index is 10.6. The summed E-state index contributed by atoms with van der Waals surface area (Å²) in [6.45, 7) is 3.25. The number of nitrogens with two attached hydrogens (primary N) is 1. The van der Waals surface area contributed by atoms with Gasteiger partial charge in [-0.25, -0.2) is 14.8 Å². The Morgan fingerprint density at radius 1 is 1.11 bits per heavy atom. The number of ether oxygens (including phenoxy) is 2. The number of aryl methyl sites for hydroxylation is 1. The Kier molecular flexibility index (Phi) is 7.92. The molecule has 0 radical (unpaired) electrons. The van der Waals surface area contributed by atoms with Crippen molar-refractivity contribution in [3.63, 3.8) is 0 Å². The Bertz CT molecular complexity index is 1300. The molecule has 8 nitrogen and oxygen atoms in total.